The molecule has 0 radical (unpaired) electrons. The molecule has 2 amide bonds. The smallest absolute Gasteiger partial charge is 0.321 e. The number of urea groups is 1. The van der Waals surface area contributed by atoms with Crippen LogP contribution in [0.1, 0.15) is 39.7 Å². The first-order valence-corrected chi connectivity index (χ1v) is 8.91. The number of aryl methyl sites for hydroxylation is 1. The number of hydrogen-bond donors (Lipinski definition) is 2. The van der Waals surface area contributed by atoms with Crippen LogP contribution in [0.25, 0.3) is 0 Å². The molecular formula is C18H26N2O3S. The van der Waals surface area contributed by atoms with Crippen LogP contribution in [0.3, 0.4) is 0 Å². The number of carbonyl (C=O) groups is 2. The minimum absolute atomic E-state index is 0.133. The zero-order chi connectivity index (χ0) is 18.1. The summed E-state index contributed by atoms with van der Waals surface area (Å²) in [7, 11) is 0. The number of nitrogens with zero attached hydrogens (tertiary/aromatic N) is 1. The normalized spacial score (nSPS) is 21.0. The van der Waals surface area contributed by atoms with E-state index in [-0.39, 0.29) is 17.3 Å². The van der Waals surface area contributed by atoms with Gasteiger partial charge in [0.2, 0.25) is 0 Å². The van der Waals surface area contributed by atoms with E-state index in [1.807, 2.05) is 19.1 Å². The van der Waals surface area contributed by atoms with Gasteiger partial charge >= 0.3 is 12.0 Å². The molecule has 1 aromatic carbocycles. The Hall–Kier alpha value is -1.69. The van der Waals surface area contributed by atoms with Gasteiger partial charge in [0.25, 0.3) is 0 Å². The van der Waals surface area contributed by atoms with Gasteiger partial charge in [0, 0.05) is 28.4 Å². The van der Waals surface area contributed by atoms with Crippen LogP contribution >= 0.6 is 11.8 Å². The Kier molecular flexibility index (Phi) is 5.18. The van der Waals surface area contributed by atoms with Crippen molar-refractivity contribution >= 4 is 29.4 Å². The number of aliphatic carboxylic acids is 1. The summed E-state index contributed by atoms with van der Waals surface area (Å²) < 4.78 is 0.133. The molecule has 5 nitrogen and oxygen atoms in total. The van der Waals surface area contributed by atoms with Gasteiger partial charge in [-0.1, -0.05) is 20.8 Å². The van der Waals surface area contributed by atoms with Crippen molar-refractivity contribution in [2.45, 2.75) is 50.7 Å². The SMILES string of the molecule is Cc1cc(SC(C)(C)C)ccc1NC(=O)N1CCC(C)(C(=O)O)C1. The molecule has 1 atom stereocenters. The molecule has 1 saturated heterocycles. The van der Waals surface area contributed by atoms with Gasteiger partial charge in [-0.3, -0.25) is 4.79 Å². The van der Waals surface area contributed by atoms with Crippen LogP contribution in [0.15, 0.2) is 23.1 Å². The highest BCUT2D eigenvalue weighted by molar-refractivity contribution is 8.00. The lowest BCUT2D eigenvalue weighted by Gasteiger charge is -2.22. The third-order valence-corrected chi connectivity index (χ3v) is 5.24. The van der Waals surface area contributed by atoms with Crippen molar-refractivity contribution in [3.8, 4) is 0 Å². The molecule has 132 valence electrons. The lowest BCUT2D eigenvalue weighted by Crippen LogP contribution is -2.37. The van der Waals surface area contributed by atoms with Crippen molar-refractivity contribution < 1.29 is 14.7 Å². The van der Waals surface area contributed by atoms with Gasteiger partial charge in [-0.15, -0.1) is 11.8 Å². The second-order valence-corrected chi connectivity index (χ2v) is 9.56. The molecule has 1 aliphatic heterocycles. The fourth-order valence-corrected chi connectivity index (χ4v) is 3.78. The van der Waals surface area contributed by atoms with Crippen LogP contribution in [0.4, 0.5) is 10.5 Å². The van der Waals surface area contributed by atoms with Crippen molar-refractivity contribution in [2.24, 2.45) is 5.41 Å². The molecule has 0 saturated carbocycles. The Labute approximate surface area is 147 Å². The Morgan fingerprint density at radius 3 is 2.50 bits per heavy atom. The number of carboxylic acids is 1. The molecule has 1 aromatic rings. The zero-order valence-corrected chi connectivity index (χ0v) is 15.8. The van der Waals surface area contributed by atoms with E-state index >= 15 is 0 Å². The number of carbonyl (C=O) groups excluding carboxylic acids is 1. The predicted octanol–water partition coefficient (Wildman–Crippen LogP) is 4.21. The average molecular weight is 350 g/mol. The molecule has 6 heteroatoms. The largest absolute Gasteiger partial charge is 0.481 e. The minimum Gasteiger partial charge on any atom is -0.481 e. The Balaban J connectivity index is 2.04. The van der Waals surface area contributed by atoms with Crippen LogP contribution in [0.2, 0.25) is 0 Å². The molecule has 1 heterocycles. The van der Waals surface area contributed by atoms with Crippen molar-refractivity contribution in [1.82, 2.24) is 4.90 Å². The monoisotopic (exact) mass is 350 g/mol. The Morgan fingerprint density at radius 1 is 1.33 bits per heavy atom. The quantitative estimate of drug-likeness (QED) is 0.801. The van der Waals surface area contributed by atoms with E-state index in [4.69, 9.17) is 0 Å². The van der Waals surface area contributed by atoms with Gasteiger partial charge in [-0.25, -0.2) is 4.79 Å². The molecule has 1 unspecified atom stereocenters. The third-order valence-electron chi connectivity index (χ3n) is 4.14. The first kappa shape index (κ1) is 18.6. The molecule has 0 aromatic heterocycles. The number of benzene rings is 1. The topological polar surface area (TPSA) is 69.6 Å². The summed E-state index contributed by atoms with van der Waals surface area (Å²) in [5.74, 6) is -0.850. The lowest BCUT2D eigenvalue weighted by atomic mass is 9.90. The summed E-state index contributed by atoms with van der Waals surface area (Å²) in [6.07, 6.45) is 0.482. The highest BCUT2D eigenvalue weighted by Crippen LogP contribution is 2.34. The number of anilines is 1. The number of amides is 2. The van der Waals surface area contributed by atoms with Gasteiger partial charge in [-0.05, 0) is 44.0 Å². The van der Waals surface area contributed by atoms with Crippen molar-refractivity contribution in [3.05, 3.63) is 23.8 Å². The molecule has 2 rings (SSSR count). The van der Waals surface area contributed by atoms with E-state index in [1.54, 1.807) is 23.6 Å². The van der Waals surface area contributed by atoms with Gasteiger partial charge < -0.3 is 15.3 Å². The van der Waals surface area contributed by atoms with E-state index in [9.17, 15) is 14.7 Å². The van der Waals surface area contributed by atoms with Crippen LogP contribution in [0, 0.1) is 12.3 Å². The number of carboxylic acid groups (broad SMARTS) is 1. The van der Waals surface area contributed by atoms with Gasteiger partial charge in [-0.2, -0.15) is 0 Å². The molecular weight excluding hydrogens is 324 g/mol. The summed E-state index contributed by atoms with van der Waals surface area (Å²) in [5.41, 5.74) is 0.916. The fourth-order valence-electron chi connectivity index (χ4n) is 2.70. The van der Waals surface area contributed by atoms with Crippen LogP contribution in [0.5, 0.6) is 0 Å². The number of thioether (sulfide) groups is 1. The maximum absolute atomic E-state index is 12.4. The van der Waals surface area contributed by atoms with Crippen molar-refractivity contribution in [2.75, 3.05) is 18.4 Å². The van der Waals surface area contributed by atoms with Crippen LogP contribution in [-0.4, -0.2) is 39.8 Å². The van der Waals surface area contributed by atoms with Gasteiger partial charge in [0.15, 0.2) is 0 Å². The maximum atomic E-state index is 12.4. The Morgan fingerprint density at radius 2 is 2.00 bits per heavy atom. The molecule has 0 bridgehead atoms. The number of likely N-dealkylation sites (tertiary alicyclic amines) is 1. The minimum atomic E-state index is -0.850. The second kappa shape index (κ2) is 6.67. The van der Waals surface area contributed by atoms with E-state index in [2.05, 4.69) is 32.2 Å². The molecule has 0 spiro atoms. The average Bonchev–Trinajstić information content (AvgIpc) is 2.84. The highest BCUT2D eigenvalue weighted by atomic mass is 32.2. The number of hydrogen-bond acceptors (Lipinski definition) is 3. The maximum Gasteiger partial charge on any atom is 0.321 e. The lowest BCUT2D eigenvalue weighted by molar-refractivity contribution is -0.146. The first-order chi connectivity index (χ1) is 11.0. The van der Waals surface area contributed by atoms with Gasteiger partial charge in [0.1, 0.15) is 0 Å². The summed E-state index contributed by atoms with van der Waals surface area (Å²) in [6.45, 7) is 10.8. The molecule has 0 aliphatic carbocycles. The molecule has 1 aliphatic rings. The summed E-state index contributed by atoms with van der Waals surface area (Å²) in [4.78, 5) is 26.4. The van der Waals surface area contributed by atoms with Crippen molar-refractivity contribution in [3.63, 3.8) is 0 Å². The molecule has 1 fully saturated rings. The first-order valence-electron chi connectivity index (χ1n) is 8.09. The third kappa shape index (κ3) is 4.44. The number of nitrogens with one attached hydrogen (secondary N) is 1. The standard InChI is InChI=1S/C18H26N2O3S/c1-12-10-13(24-17(2,3)4)6-7-14(12)19-16(23)20-9-8-18(5,11-20)15(21)22/h6-7,10H,8-9,11H2,1-5H3,(H,19,23)(H,21,22). The van der Waals surface area contributed by atoms with E-state index in [0.717, 1.165) is 16.1 Å². The van der Waals surface area contributed by atoms with E-state index in [0.29, 0.717) is 13.0 Å². The predicted molar refractivity (Wildman–Crippen MR) is 97.7 cm³/mol. The highest BCUT2D eigenvalue weighted by Gasteiger charge is 2.42. The second-order valence-electron chi connectivity index (χ2n) is 7.66. The summed E-state index contributed by atoms with van der Waals surface area (Å²) in [6, 6.07) is 5.74. The van der Waals surface area contributed by atoms with Crippen LogP contribution in [-0.2, 0) is 4.79 Å². The zero-order valence-electron chi connectivity index (χ0n) is 15.0. The van der Waals surface area contributed by atoms with Crippen LogP contribution < -0.4 is 5.32 Å². The van der Waals surface area contributed by atoms with E-state index < -0.39 is 11.4 Å². The fraction of sp³-hybridized carbons (Fsp3) is 0.556. The van der Waals surface area contributed by atoms with Crippen molar-refractivity contribution in [1.29, 1.82) is 0 Å². The molecule has 24 heavy (non-hydrogen) atoms. The number of rotatable bonds is 3. The summed E-state index contributed by atoms with van der Waals surface area (Å²) in [5, 5.41) is 12.2. The van der Waals surface area contributed by atoms with E-state index in [1.165, 1.54) is 0 Å². The van der Waals surface area contributed by atoms with Gasteiger partial charge in [0.05, 0.1) is 5.41 Å². The molecule has 2 N–H and O–H groups in total. The summed E-state index contributed by atoms with van der Waals surface area (Å²) >= 11 is 1.78. The Bertz CT molecular complexity index is 654.